The van der Waals surface area contributed by atoms with Crippen LogP contribution < -0.4 is 0 Å². The molecule has 0 fully saturated rings. The van der Waals surface area contributed by atoms with Crippen LogP contribution in [0.1, 0.15) is 23.7 Å². The molecule has 18 heavy (non-hydrogen) atoms. The number of nitrogens with zero attached hydrogens (tertiary/aromatic N) is 2. The Morgan fingerprint density at radius 3 is 2.83 bits per heavy atom. The van der Waals surface area contributed by atoms with Crippen LogP contribution in [0, 0.1) is 5.82 Å². The molecule has 96 valence electrons. The van der Waals surface area contributed by atoms with Crippen molar-refractivity contribution in [3.63, 3.8) is 0 Å². The Hall–Kier alpha value is -1.85. The fourth-order valence-electron chi connectivity index (χ4n) is 1.85. The van der Waals surface area contributed by atoms with Crippen LogP contribution in [0.2, 0.25) is 0 Å². The van der Waals surface area contributed by atoms with Crippen LogP contribution in [0.25, 0.3) is 11.0 Å². The van der Waals surface area contributed by atoms with Crippen molar-refractivity contribution < 1.29 is 18.0 Å². The average Bonchev–Trinajstić information content (AvgIpc) is 2.65. The molecule has 0 aliphatic carbocycles. The van der Waals surface area contributed by atoms with E-state index in [4.69, 9.17) is 0 Å². The van der Waals surface area contributed by atoms with E-state index in [0.717, 1.165) is 12.3 Å². The zero-order valence-corrected chi connectivity index (χ0v) is 9.66. The van der Waals surface area contributed by atoms with Crippen molar-refractivity contribution in [3.8, 4) is 0 Å². The molecule has 0 unspecified atom stereocenters. The average molecular weight is 256 g/mol. The quantitative estimate of drug-likeness (QED) is 0.788. The Labute approximate surface area is 101 Å². The van der Waals surface area contributed by atoms with Crippen LogP contribution in [0.15, 0.2) is 18.5 Å². The summed E-state index contributed by atoms with van der Waals surface area (Å²) in [6, 6.07) is 1.15. The third-order valence-electron chi connectivity index (χ3n) is 2.64. The van der Waals surface area contributed by atoms with Gasteiger partial charge in [0, 0.05) is 23.6 Å². The molecule has 2 rings (SSSR count). The lowest BCUT2D eigenvalue weighted by atomic mass is 10.1. The Morgan fingerprint density at radius 1 is 1.50 bits per heavy atom. The van der Waals surface area contributed by atoms with Crippen molar-refractivity contribution in [3.05, 3.63) is 29.8 Å². The van der Waals surface area contributed by atoms with Crippen molar-refractivity contribution in [2.45, 2.75) is 26.3 Å². The molecule has 0 bridgehead atoms. The zero-order valence-electron chi connectivity index (χ0n) is 9.66. The predicted octanol–water partition coefficient (Wildman–Crippen LogP) is 3.03. The maximum atomic E-state index is 13.1. The highest BCUT2D eigenvalue weighted by Crippen LogP contribution is 2.22. The first-order chi connectivity index (χ1) is 8.52. The monoisotopic (exact) mass is 256 g/mol. The number of carbonyl (C=O) groups is 1. The summed E-state index contributed by atoms with van der Waals surface area (Å²) in [5, 5.41) is 0.280. The van der Waals surface area contributed by atoms with Crippen LogP contribution in [0.5, 0.6) is 0 Å². The van der Waals surface area contributed by atoms with E-state index in [9.17, 15) is 18.0 Å². The lowest BCUT2D eigenvalue weighted by Crippen LogP contribution is -2.06. The number of aromatic nitrogens is 2. The maximum Gasteiger partial charge on any atom is 0.256 e. The van der Waals surface area contributed by atoms with E-state index >= 15 is 0 Å². The number of Topliss-reactive ketones (excluding diaryl/α,β-unsaturated/α-hetero) is 1. The van der Waals surface area contributed by atoms with E-state index < -0.39 is 18.8 Å². The SMILES string of the molecule is CCC(=O)c1cn(CC(F)F)c2ncc(F)cc12. The first-order valence-electron chi connectivity index (χ1n) is 5.48. The predicted molar refractivity (Wildman–Crippen MR) is 60.3 cm³/mol. The molecular formula is C12H11F3N2O. The Kier molecular flexibility index (Phi) is 3.36. The van der Waals surface area contributed by atoms with Crippen molar-refractivity contribution in [2.75, 3.05) is 0 Å². The van der Waals surface area contributed by atoms with Gasteiger partial charge in [0.05, 0.1) is 12.7 Å². The summed E-state index contributed by atoms with van der Waals surface area (Å²) in [5.74, 6) is -0.817. The molecule has 0 aliphatic rings. The van der Waals surface area contributed by atoms with E-state index in [0.29, 0.717) is 0 Å². The molecular weight excluding hydrogens is 245 g/mol. The lowest BCUT2D eigenvalue weighted by molar-refractivity contribution is 0.0988. The molecule has 0 spiro atoms. The number of alkyl halides is 2. The van der Waals surface area contributed by atoms with Crippen LogP contribution >= 0.6 is 0 Å². The number of ketones is 1. The number of halogens is 3. The van der Waals surface area contributed by atoms with E-state index in [1.165, 1.54) is 10.8 Å². The second kappa shape index (κ2) is 4.80. The molecule has 0 atom stereocenters. The van der Waals surface area contributed by atoms with Gasteiger partial charge < -0.3 is 4.57 Å². The fraction of sp³-hybridized carbons (Fsp3) is 0.333. The van der Waals surface area contributed by atoms with Gasteiger partial charge in [0.2, 0.25) is 0 Å². The van der Waals surface area contributed by atoms with Crippen molar-refractivity contribution in [1.29, 1.82) is 0 Å². The maximum absolute atomic E-state index is 13.1. The molecule has 0 saturated heterocycles. The van der Waals surface area contributed by atoms with Crippen molar-refractivity contribution in [2.24, 2.45) is 0 Å². The topological polar surface area (TPSA) is 34.9 Å². The molecule has 0 saturated carbocycles. The first-order valence-corrected chi connectivity index (χ1v) is 5.48. The summed E-state index contributed by atoms with van der Waals surface area (Å²) in [5.41, 5.74) is 0.439. The van der Waals surface area contributed by atoms with Crippen LogP contribution in [-0.4, -0.2) is 21.8 Å². The highest BCUT2D eigenvalue weighted by Gasteiger charge is 2.17. The second-order valence-corrected chi connectivity index (χ2v) is 3.89. The Balaban J connectivity index is 2.63. The summed E-state index contributed by atoms with van der Waals surface area (Å²) < 4.78 is 39.1. The van der Waals surface area contributed by atoms with Crippen LogP contribution in [0.3, 0.4) is 0 Å². The minimum atomic E-state index is -2.56. The molecule has 3 nitrogen and oxygen atoms in total. The number of hydrogen-bond acceptors (Lipinski definition) is 2. The van der Waals surface area contributed by atoms with E-state index in [-0.39, 0.29) is 28.8 Å². The standard InChI is InChI=1S/C12H11F3N2O/c1-2-10(18)9-5-17(6-11(14)15)12-8(9)3-7(13)4-16-12/h3-5,11H,2,6H2,1H3. The van der Waals surface area contributed by atoms with E-state index in [1.807, 2.05) is 0 Å². The highest BCUT2D eigenvalue weighted by molar-refractivity contribution is 6.07. The molecule has 0 N–H and O–H groups in total. The fourth-order valence-corrected chi connectivity index (χ4v) is 1.85. The first kappa shape index (κ1) is 12.6. The minimum absolute atomic E-state index is 0.202. The Morgan fingerprint density at radius 2 is 2.22 bits per heavy atom. The van der Waals surface area contributed by atoms with Gasteiger partial charge in [-0.3, -0.25) is 4.79 Å². The smallest absolute Gasteiger partial charge is 0.256 e. The largest absolute Gasteiger partial charge is 0.326 e. The van der Waals surface area contributed by atoms with Crippen LogP contribution in [0.4, 0.5) is 13.2 Å². The summed E-state index contributed by atoms with van der Waals surface area (Å²) in [7, 11) is 0. The van der Waals surface area contributed by atoms with Crippen molar-refractivity contribution >= 4 is 16.8 Å². The molecule has 0 aromatic carbocycles. The summed E-state index contributed by atoms with van der Waals surface area (Å²) in [4.78, 5) is 15.5. The lowest BCUT2D eigenvalue weighted by Gasteiger charge is -2.02. The zero-order chi connectivity index (χ0) is 13.3. The normalized spacial score (nSPS) is 11.4. The third-order valence-corrected chi connectivity index (χ3v) is 2.64. The number of hydrogen-bond donors (Lipinski definition) is 0. The summed E-state index contributed by atoms with van der Waals surface area (Å²) >= 11 is 0. The number of rotatable bonds is 4. The summed E-state index contributed by atoms with van der Waals surface area (Å²) in [6.07, 6.45) is -0.0683. The van der Waals surface area contributed by atoms with Gasteiger partial charge in [-0.1, -0.05) is 6.92 Å². The van der Waals surface area contributed by atoms with Gasteiger partial charge in [-0.05, 0) is 6.07 Å². The molecule has 2 aromatic heterocycles. The van der Waals surface area contributed by atoms with Gasteiger partial charge in [-0.15, -0.1) is 0 Å². The van der Waals surface area contributed by atoms with Gasteiger partial charge in [0.1, 0.15) is 11.5 Å². The number of fused-ring (bicyclic) bond motifs is 1. The molecule has 0 radical (unpaired) electrons. The highest BCUT2D eigenvalue weighted by atomic mass is 19.3. The number of pyridine rings is 1. The van der Waals surface area contributed by atoms with E-state index in [2.05, 4.69) is 4.98 Å². The van der Waals surface area contributed by atoms with Gasteiger partial charge in [0.25, 0.3) is 6.43 Å². The third kappa shape index (κ3) is 2.23. The minimum Gasteiger partial charge on any atom is -0.326 e. The molecule has 0 aliphatic heterocycles. The van der Waals surface area contributed by atoms with Gasteiger partial charge in [0.15, 0.2) is 5.78 Å². The molecule has 2 aromatic rings. The summed E-state index contributed by atoms with van der Waals surface area (Å²) in [6.45, 7) is 1.09. The van der Waals surface area contributed by atoms with Gasteiger partial charge >= 0.3 is 0 Å². The van der Waals surface area contributed by atoms with Gasteiger partial charge in [-0.25, -0.2) is 18.2 Å². The second-order valence-electron chi connectivity index (χ2n) is 3.89. The molecule has 2 heterocycles. The molecule has 0 amide bonds. The van der Waals surface area contributed by atoms with E-state index in [1.54, 1.807) is 6.92 Å². The van der Waals surface area contributed by atoms with Gasteiger partial charge in [-0.2, -0.15) is 0 Å². The van der Waals surface area contributed by atoms with Crippen molar-refractivity contribution in [1.82, 2.24) is 9.55 Å². The molecule has 6 heteroatoms. The van der Waals surface area contributed by atoms with Crippen LogP contribution in [-0.2, 0) is 6.54 Å². The number of carbonyl (C=O) groups excluding carboxylic acids is 1. The Bertz CT molecular complexity index is 592.